The first-order chi connectivity index (χ1) is 15.4. The third-order valence-electron chi connectivity index (χ3n) is 5.13. The van der Waals surface area contributed by atoms with Gasteiger partial charge in [0.1, 0.15) is 0 Å². The molecule has 0 aliphatic carbocycles. The van der Waals surface area contributed by atoms with Crippen LogP contribution in [0, 0.1) is 0 Å². The summed E-state index contributed by atoms with van der Waals surface area (Å²) in [5, 5.41) is 9.84. The lowest BCUT2D eigenvalue weighted by Crippen LogP contribution is -2.39. The molecule has 0 saturated heterocycles. The molecule has 0 unspecified atom stereocenters. The minimum Gasteiger partial charge on any atom is -0.504 e. The van der Waals surface area contributed by atoms with Crippen LogP contribution in [-0.2, 0) is 9.53 Å². The van der Waals surface area contributed by atoms with Gasteiger partial charge in [0.25, 0.3) is 5.56 Å². The Morgan fingerprint density at radius 3 is 2.69 bits per heavy atom. The molecule has 0 bridgehead atoms. The Morgan fingerprint density at radius 1 is 1.25 bits per heavy atom. The van der Waals surface area contributed by atoms with Gasteiger partial charge in [0.2, 0.25) is 0 Å². The molecule has 8 heteroatoms. The van der Waals surface area contributed by atoms with Gasteiger partial charge in [-0.25, -0.2) is 9.79 Å². The standard InChI is InChI=1S/C24H22N2O5S/c1-4-31-23(29)20-14(2)25-24-26(21(20)16-8-6-5-7-9-16)22(28)19(32-24)13-15-10-11-17(27)18(12-15)30-3/h5-13,21,27H,4H2,1-3H3/b19-13+/t21-/m0/s1. The number of carbonyl (C=O) groups excluding carboxylic acids is 1. The van der Waals surface area contributed by atoms with E-state index in [2.05, 4.69) is 4.99 Å². The number of phenolic OH excluding ortho intramolecular Hbond substituents is 1. The second-order valence-corrected chi connectivity index (χ2v) is 8.15. The van der Waals surface area contributed by atoms with Crippen LogP contribution in [0.5, 0.6) is 11.5 Å². The Bertz CT molecular complexity index is 1390. The smallest absolute Gasteiger partial charge is 0.338 e. The Kier molecular flexibility index (Phi) is 5.96. The number of fused-ring (bicyclic) bond motifs is 1. The number of allylic oxidation sites excluding steroid dienone is 1. The number of nitrogens with zero attached hydrogens (tertiary/aromatic N) is 2. The molecule has 7 nitrogen and oxygen atoms in total. The van der Waals surface area contributed by atoms with Crippen molar-refractivity contribution < 1.29 is 19.4 Å². The van der Waals surface area contributed by atoms with Crippen molar-refractivity contribution in [1.82, 2.24) is 4.57 Å². The molecular formula is C24H22N2O5S. The number of carbonyl (C=O) groups is 1. The third-order valence-corrected chi connectivity index (χ3v) is 6.12. The van der Waals surface area contributed by atoms with Crippen molar-refractivity contribution in [2.75, 3.05) is 13.7 Å². The normalized spacial score (nSPS) is 15.8. The molecule has 2 aromatic carbocycles. The lowest BCUT2D eigenvalue weighted by molar-refractivity contribution is -0.139. The number of benzene rings is 2. The average Bonchev–Trinajstić information content (AvgIpc) is 3.09. The molecule has 0 amide bonds. The molecule has 1 aliphatic heterocycles. The molecule has 32 heavy (non-hydrogen) atoms. The maximum atomic E-state index is 13.5. The summed E-state index contributed by atoms with van der Waals surface area (Å²) >= 11 is 1.24. The van der Waals surface area contributed by atoms with E-state index in [9.17, 15) is 14.7 Å². The molecule has 3 aromatic rings. The van der Waals surface area contributed by atoms with Gasteiger partial charge in [-0.15, -0.1) is 0 Å². The van der Waals surface area contributed by atoms with Gasteiger partial charge in [-0.2, -0.15) is 0 Å². The lowest BCUT2D eigenvalue weighted by Gasteiger charge is -2.24. The molecule has 1 N–H and O–H groups in total. The van der Waals surface area contributed by atoms with E-state index < -0.39 is 12.0 Å². The predicted octanol–water partition coefficient (Wildman–Crippen LogP) is 2.51. The highest BCUT2D eigenvalue weighted by molar-refractivity contribution is 7.07. The van der Waals surface area contributed by atoms with Crippen molar-refractivity contribution in [1.29, 1.82) is 0 Å². The number of ether oxygens (including phenoxy) is 2. The van der Waals surface area contributed by atoms with Gasteiger partial charge in [0.05, 0.1) is 35.6 Å². The Labute approximate surface area is 188 Å². The van der Waals surface area contributed by atoms with Gasteiger partial charge in [0.15, 0.2) is 16.3 Å². The van der Waals surface area contributed by atoms with E-state index in [0.717, 1.165) is 5.56 Å². The predicted molar refractivity (Wildman–Crippen MR) is 121 cm³/mol. The first kappa shape index (κ1) is 21.6. The zero-order valence-corrected chi connectivity index (χ0v) is 18.7. The quantitative estimate of drug-likeness (QED) is 0.604. The van der Waals surface area contributed by atoms with Gasteiger partial charge < -0.3 is 14.6 Å². The molecule has 0 spiro atoms. The fourth-order valence-electron chi connectivity index (χ4n) is 3.68. The highest BCUT2D eigenvalue weighted by Crippen LogP contribution is 2.30. The van der Waals surface area contributed by atoms with Gasteiger partial charge in [-0.1, -0.05) is 47.7 Å². The fourth-order valence-corrected chi connectivity index (χ4v) is 4.72. The van der Waals surface area contributed by atoms with E-state index in [1.54, 1.807) is 36.6 Å². The van der Waals surface area contributed by atoms with E-state index in [-0.39, 0.29) is 17.9 Å². The molecule has 0 fully saturated rings. The molecule has 2 heterocycles. The molecule has 0 radical (unpaired) electrons. The number of aromatic nitrogens is 1. The van der Waals surface area contributed by atoms with Crippen LogP contribution in [0.15, 0.2) is 69.6 Å². The first-order valence-electron chi connectivity index (χ1n) is 10.1. The number of hydrogen-bond donors (Lipinski definition) is 1. The molecular weight excluding hydrogens is 428 g/mol. The summed E-state index contributed by atoms with van der Waals surface area (Å²) in [5.74, 6) is -0.154. The van der Waals surface area contributed by atoms with Crippen molar-refractivity contribution in [3.05, 3.63) is 90.6 Å². The SMILES string of the molecule is CCOC(=O)C1=C(C)N=c2s/c(=C/c3ccc(O)c(OC)c3)c(=O)n2[C@H]1c1ccccc1. The van der Waals surface area contributed by atoms with E-state index in [4.69, 9.17) is 9.47 Å². The molecule has 164 valence electrons. The van der Waals surface area contributed by atoms with Crippen LogP contribution in [-0.4, -0.2) is 29.4 Å². The van der Waals surface area contributed by atoms with Gasteiger partial charge in [0, 0.05) is 0 Å². The number of aromatic hydroxyl groups is 1. The van der Waals surface area contributed by atoms with Crippen molar-refractivity contribution in [3.8, 4) is 11.5 Å². The van der Waals surface area contributed by atoms with Crippen LogP contribution < -0.4 is 19.6 Å². The number of thiazole rings is 1. The van der Waals surface area contributed by atoms with Crippen LogP contribution in [0.4, 0.5) is 0 Å². The maximum absolute atomic E-state index is 13.5. The summed E-state index contributed by atoms with van der Waals surface area (Å²) in [6, 6.07) is 13.6. The van der Waals surface area contributed by atoms with E-state index in [0.29, 0.717) is 31.9 Å². The highest BCUT2D eigenvalue weighted by atomic mass is 32.1. The largest absolute Gasteiger partial charge is 0.504 e. The van der Waals surface area contributed by atoms with Gasteiger partial charge in [-0.05, 0) is 43.2 Å². The summed E-state index contributed by atoms with van der Waals surface area (Å²) in [4.78, 5) is 31.4. The van der Waals surface area contributed by atoms with Crippen LogP contribution in [0.1, 0.15) is 31.0 Å². The number of methoxy groups -OCH3 is 1. The van der Waals surface area contributed by atoms with Crippen LogP contribution in [0.2, 0.25) is 0 Å². The monoisotopic (exact) mass is 450 g/mol. The second-order valence-electron chi connectivity index (χ2n) is 7.14. The molecule has 1 aromatic heterocycles. The summed E-state index contributed by atoms with van der Waals surface area (Å²) in [6.45, 7) is 3.72. The fraction of sp³-hybridized carbons (Fsp3) is 0.208. The summed E-state index contributed by atoms with van der Waals surface area (Å²) in [7, 11) is 1.46. The van der Waals surface area contributed by atoms with Crippen LogP contribution >= 0.6 is 11.3 Å². The lowest BCUT2D eigenvalue weighted by atomic mass is 9.96. The minimum absolute atomic E-state index is 0.0184. The number of phenols is 1. The topological polar surface area (TPSA) is 90.1 Å². The minimum atomic E-state index is -0.636. The van der Waals surface area contributed by atoms with Crippen LogP contribution in [0.3, 0.4) is 0 Å². The Hall–Kier alpha value is -3.65. The van der Waals surface area contributed by atoms with Crippen molar-refractivity contribution in [2.45, 2.75) is 19.9 Å². The summed E-state index contributed by atoms with van der Waals surface area (Å²) in [5.41, 5.74) is 2.11. The van der Waals surface area contributed by atoms with Crippen molar-refractivity contribution in [2.24, 2.45) is 4.99 Å². The average molecular weight is 451 g/mol. The van der Waals surface area contributed by atoms with E-state index >= 15 is 0 Å². The summed E-state index contributed by atoms with van der Waals surface area (Å²) < 4.78 is 12.4. The van der Waals surface area contributed by atoms with Crippen molar-refractivity contribution in [3.63, 3.8) is 0 Å². The number of hydrogen-bond acceptors (Lipinski definition) is 7. The third kappa shape index (κ3) is 3.85. The van der Waals surface area contributed by atoms with E-state index in [1.165, 1.54) is 24.5 Å². The van der Waals surface area contributed by atoms with E-state index in [1.807, 2.05) is 30.3 Å². The van der Waals surface area contributed by atoms with Gasteiger partial charge in [-0.3, -0.25) is 9.36 Å². The second kappa shape index (κ2) is 8.84. The highest BCUT2D eigenvalue weighted by Gasteiger charge is 2.33. The Balaban J connectivity index is 1.93. The molecule has 0 saturated carbocycles. The maximum Gasteiger partial charge on any atom is 0.338 e. The molecule has 1 aliphatic rings. The zero-order chi connectivity index (χ0) is 22.8. The Morgan fingerprint density at radius 2 is 2.00 bits per heavy atom. The van der Waals surface area contributed by atoms with Crippen LogP contribution in [0.25, 0.3) is 6.08 Å². The molecule has 1 atom stereocenters. The first-order valence-corrected chi connectivity index (χ1v) is 10.9. The molecule has 4 rings (SSSR count). The van der Waals surface area contributed by atoms with Gasteiger partial charge >= 0.3 is 5.97 Å². The summed E-state index contributed by atoms with van der Waals surface area (Å²) in [6.07, 6.45) is 1.72. The number of esters is 1. The van der Waals surface area contributed by atoms with Crippen molar-refractivity contribution >= 4 is 23.4 Å². The zero-order valence-electron chi connectivity index (χ0n) is 17.9. The number of rotatable bonds is 5.